The van der Waals surface area contributed by atoms with Crippen molar-refractivity contribution in [2.24, 2.45) is 5.92 Å². The number of sulfone groups is 1. The van der Waals surface area contributed by atoms with Crippen molar-refractivity contribution in [3.63, 3.8) is 0 Å². The molecule has 1 heterocycles. The smallest absolute Gasteiger partial charge is 0.337 e. The second-order valence-corrected chi connectivity index (χ2v) is 7.32. The van der Waals surface area contributed by atoms with Crippen molar-refractivity contribution in [3.05, 3.63) is 28.5 Å². The quantitative estimate of drug-likeness (QED) is 0.913. The lowest BCUT2D eigenvalue weighted by Gasteiger charge is -2.21. The molecule has 0 spiro atoms. The molecule has 1 saturated heterocycles. The van der Waals surface area contributed by atoms with Gasteiger partial charge in [0.1, 0.15) is 5.82 Å². The lowest BCUT2D eigenvalue weighted by Crippen LogP contribution is -2.23. The second kappa shape index (κ2) is 6.29. The molecule has 8 heteroatoms. The summed E-state index contributed by atoms with van der Waals surface area (Å²) in [5, 5.41) is 8.35. The maximum atomic E-state index is 13.6. The van der Waals surface area contributed by atoms with Gasteiger partial charge in [0.05, 0.1) is 21.2 Å². The Morgan fingerprint density at radius 2 is 2.00 bits per heavy atom. The average molecular weight is 337 g/mol. The molecule has 0 amide bonds. The van der Waals surface area contributed by atoms with Crippen LogP contribution in [0.2, 0.25) is 5.02 Å². The Kier molecular flexibility index (Phi) is 4.85. The highest BCUT2D eigenvalue weighted by molar-refractivity contribution is 7.91. The van der Waals surface area contributed by atoms with Gasteiger partial charge in [0.15, 0.2) is 9.84 Å². The molecule has 1 aromatic carbocycles. The molecule has 116 valence electrons. The van der Waals surface area contributed by atoms with E-state index in [1.165, 1.54) is 0 Å². The minimum absolute atomic E-state index is 0.0734. The van der Waals surface area contributed by atoms with Crippen LogP contribution in [0.25, 0.3) is 0 Å². The molecule has 0 radical (unpaired) electrons. The summed E-state index contributed by atoms with van der Waals surface area (Å²) in [6.07, 6.45) is 1.22. The molecule has 1 aromatic rings. The van der Waals surface area contributed by atoms with Crippen molar-refractivity contribution in [2.75, 3.05) is 19.0 Å². The molecule has 0 unspecified atom stereocenters. The number of aromatic carboxylic acids is 1. The molecule has 1 aliphatic heterocycles. The molecule has 5 nitrogen and oxygen atoms in total. The summed E-state index contributed by atoms with van der Waals surface area (Å²) in [6, 6.07) is 1.67. The number of hydrogen-bond donors (Lipinski definition) is 1. The van der Waals surface area contributed by atoms with Crippen molar-refractivity contribution >= 4 is 27.4 Å². The Hall–Kier alpha value is -1.18. The van der Waals surface area contributed by atoms with Crippen LogP contribution in [0.4, 0.5) is 4.39 Å². The van der Waals surface area contributed by atoms with E-state index in [0.717, 1.165) is 12.1 Å². The van der Waals surface area contributed by atoms with Gasteiger partial charge in [-0.15, -0.1) is 0 Å². The van der Waals surface area contributed by atoms with Gasteiger partial charge in [-0.2, -0.15) is 0 Å². The molecule has 0 aliphatic carbocycles. The van der Waals surface area contributed by atoms with E-state index in [4.69, 9.17) is 21.4 Å². The maximum Gasteiger partial charge on any atom is 0.337 e. The van der Waals surface area contributed by atoms with Crippen molar-refractivity contribution in [2.45, 2.75) is 17.7 Å². The molecule has 0 saturated carbocycles. The van der Waals surface area contributed by atoms with E-state index in [2.05, 4.69) is 0 Å². The predicted molar refractivity (Wildman–Crippen MR) is 74.0 cm³/mol. The zero-order valence-corrected chi connectivity index (χ0v) is 12.6. The van der Waals surface area contributed by atoms with Crippen LogP contribution in [-0.2, 0) is 14.6 Å². The Bertz CT molecular complexity index is 653. The number of halogens is 2. The first kappa shape index (κ1) is 16.2. The highest BCUT2D eigenvalue weighted by atomic mass is 35.5. The highest BCUT2D eigenvalue weighted by Gasteiger charge is 2.26. The third kappa shape index (κ3) is 3.72. The van der Waals surface area contributed by atoms with Crippen LogP contribution in [0.5, 0.6) is 0 Å². The number of hydrogen-bond acceptors (Lipinski definition) is 4. The third-order valence-electron chi connectivity index (χ3n) is 3.39. The summed E-state index contributed by atoms with van der Waals surface area (Å²) < 4.78 is 43.4. The highest BCUT2D eigenvalue weighted by Crippen LogP contribution is 2.27. The number of ether oxygens (including phenoxy) is 1. The molecular formula is C13H14ClFO5S. The maximum absolute atomic E-state index is 13.6. The van der Waals surface area contributed by atoms with Crippen LogP contribution >= 0.6 is 11.6 Å². The summed E-state index contributed by atoms with van der Waals surface area (Å²) in [5.74, 6) is -2.75. The average Bonchev–Trinajstić information content (AvgIpc) is 2.41. The van der Waals surface area contributed by atoms with Gasteiger partial charge in [0.2, 0.25) is 0 Å². The minimum atomic E-state index is -3.77. The number of carboxylic acid groups (broad SMARTS) is 1. The normalized spacial score (nSPS) is 16.9. The van der Waals surface area contributed by atoms with Crippen molar-refractivity contribution in [1.82, 2.24) is 0 Å². The first-order chi connectivity index (χ1) is 9.81. The molecule has 0 aromatic heterocycles. The van der Waals surface area contributed by atoms with Gasteiger partial charge in [-0.05, 0) is 30.9 Å². The molecule has 2 rings (SSSR count). The molecule has 0 bridgehead atoms. The van der Waals surface area contributed by atoms with Gasteiger partial charge in [-0.3, -0.25) is 0 Å². The monoisotopic (exact) mass is 336 g/mol. The van der Waals surface area contributed by atoms with Crippen LogP contribution in [0.1, 0.15) is 23.2 Å². The Morgan fingerprint density at radius 1 is 1.38 bits per heavy atom. The van der Waals surface area contributed by atoms with Gasteiger partial charge in [0, 0.05) is 13.2 Å². The molecule has 1 N–H and O–H groups in total. The Balaban J connectivity index is 2.33. The van der Waals surface area contributed by atoms with Gasteiger partial charge in [0.25, 0.3) is 0 Å². The third-order valence-corrected chi connectivity index (χ3v) is 5.64. The van der Waals surface area contributed by atoms with E-state index in [9.17, 15) is 17.6 Å². The van der Waals surface area contributed by atoms with Crippen molar-refractivity contribution < 1.29 is 27.4 Å². The van der Waals surface area contributed by atoms with Crippen LogP contribution in [-0.4, -0.2) is 38.5 Å². The summed E-state index contributed by atoms with van der Waals surface area (Å²) >= 11 is 5.53. The second-order valence-electron chi connectivity index (χ2n) is 4.91. The number of benzene rings is 1. The Morgan fingerprint density at radius 3 is 2.57 bits per heavy atom. The number of carbonyl (C=O) groups is 1. The van der Waals surface area contributed by atoms with Crippen LogP contribution in [0, 0.1) is 11.7 Å². The van der Waals surface area contributed by atoms with Crippen molar-refractivity contribution in [1.29, 1.82) is 0 Å². The van der Waals surface area contributed by atoms with Crippen LogP contribution < -0.4 is 0 Å². The fraction of sp³-hybridized carbons (Fsp3) is 0.462. The lowest BCUT2D eigenvalue weighted by atomic mass is 10.0. The Labute approximate surface area is 126 Å². The van der Waals surface area contributed by atoms with Crippen LogP contribution in [0.15, 0.2) is 17.0 Å². The van der Waals surface area contributed by atoms with E-state index < -0.39 is 32.2 Å². The largest absolute Gasteiger partial charge is 0.478 e. The summed E-state index contributed by atoms with van der Waals surface area (Å²) in [5.41, 5.74) is -0.554. The zero-order chi connectivity index (χ0) is 15.6. The van der Waals surface area contributed by atoms with E-state index in [0.29, 0.717) is 26.1 Å². The van der Waals surface area contributed by atoms with Gasteiger partial charge in [-0.1, -0.05) is 11.6 Å². The SMILES string of the molecule is O=C(O)c1cc(S(=O)(=O)CC2CCOCC2)cc(F)c1Cl. The molecule has 1 fully saturated rings. The standard InChI is InChI=1S/C13H14ClFO5S/c14-12-10(13(16)17)5-9(6-11(12)15)21(18,19)7-8-1-3-20-4-2-8/h5-6,8H,1-4,7H2,(H,16,17). The van der Waals surface area contributed by atoms with E-state index in [1.54, 1.807) is 0 Å². The summed E-state index contributed by atoms with van der Waals surface area (Å²) in [4.78, 5) is 10.6. The molecule has 21 heavy (non-hydrogen) atoms. The minimum Gasteiger partial charge on any atom is -0.478 e. The molecule has 1 aliphatic rings. The fourth-order valence-corrected chi connectivity index (χ4v) is 4.14. The zero-order valence-electron chi connectivity index (χ0n) is 11.0. The first-order valence-electron chi connectivity index (χ1n) is 6.34. The topological polar surface area (TPSA) is 80.7 Å². The number of carboxylic acids is 1. The first-order valence-corrected chi connectivity index (χ1v) is 8.37. The van der Waals surface area contributed by atoms with Crippen molar-refractivity contribution in [3.8, 4) is 0 Å². The van der Waals surface area contributed by atoms with E-state index in [1.807, 2.05) is 0 Å². The van der Waals surface area contributed by atoms with Gasteiger partial charge >= 0.3 is 5.97 Å². The fourth-order valence-electron chi connectivity index (χ4n) is 2.22. The molecular weight excluding hydrogens is 323 g/mol. The number of rotatable bonds is 4. The van der Waals surface area contributed by atoms with E-state index in [-0.39, 0.29) is 16.6 Å². The van der Waals surface area contributed by atoms with Gasteiger partial charge in [-0.25, -0.2) is 17.6 Å². The van der Waals surface area contributed by atoms with Gasteiger partial charge < -0.3 is 9.84 Å². The summed E-state index contributed by atoms with van der Waals surface area (Å²) in [6.45, 7) is 0.991. The summed E-state index contributed by atoms with van der Waals surface area (Å²) in [7, 11) is -3.77. The predicted octanol–water partition coefficient (Wildman–Crippen LogP) is 2.38. The molecule has 0 atom stereocenters. The van der Waals surface area contributed by atoms with Crippen LogP contribution in [0.3, 0.4) is 0 Å². The lowest BCUT2D eigenvalue weighted by molar-refractivity contribution is 0.0696. The van der Waals surface area contributed by atoms with E-state index >= 15 is 0 Å².